The number of hydrogen-bond acceptors (Lipinski definition) is 3. The number of aromatic nitrogens is 2. The zero-order valence-electron chi connectivity index (χ0n) is 8.52. The Morgan fingerprint density at radius 2 is 1.67 bits per heavy atom. The molecule has 1 heterocycles. The molecule has 18 heavy (non-hydrogen) atoms. The summed E-state index contributed by atoms with van der Waals surface area (Å²) in [6.07, 6.45) is 1.21. The monoisotopic (exact) mass is 277 g/mol. The molecule has 0 unspecified atom stereocenters. The summed E-state index contributed by atoms with van der Waals surface area (Å²) in [6, 6.07) is 1.34. The van der Waals surface area contributed by atoms with Crippen LogP contribution in [0.15, 0.2) is 18.3 Å². The number of nitrogens with zero attached hydrogens (tertiary/aromatic N) is 2. The fourth-order valence-corrected chi connectivity index (χ4v) is 1.36. The molecule has 0 saturated heterocycles. The highest BCUT2D eigenvalue weighted by Crippen LogP contribution is 2.26. The highest BCUT2D eigenvalue weighted by Gasteiger charge is 2.19. The van der Waals surface area contributed by atoms with Crippen LogP contribution in [0.2, 0.25) is 5.28 Å². The Balaban J connectivity index is 2.46. The van der Waals surface area contributed by atoms with Crippen LogP contribution in [0.4, 0.5) is 29.1 Å². The summed E-state index contributed by atoms with van der Waals surface area (Å²) >= 11 is 5.46. The number of benzene rings is 1. The van der Waals surface area contributed by atoms with Gasteiger partial charge >= 0.3 is 0 Å². The third-order valence-electron chi connectivity index (χ3n) is 1.99. The molecule has 1 aromatic heterocycles. The second-order valence-electron chi connectivity index (χ2n) is 3.18. The molecule has 0 aliphatic heterocycles. The zero-order valence-corrected chi connectivity index (χ0v) is 9.27. The first-order valence-corrected chi connectivity index (χ1v) is 4.95. The van der Waals surface area contributed by atoms with E-state index in [0.717, 1.165) is 0 Å². The molecule has 1 N–H and O–H groups in total. The van der Waals surface area contributed by atoms with Gasteiger partial charge in [0.25, 0.3) is 0 Å². The van der Waals surface area contributed by atoms with Crippen molar-refractivity contribution in [3.63, 3.8) is 0 Å². The lowest BCUT2D eigenvalue weighted by Gasteiger charge is -2.09. The number of anilines is 2. The second kappa shape index (κ2) is 4.77. The van der Waals surface area contributed by atoms with Gasteiger partial charge in [0.15, 0.2) is 23.3 Å². The minimum absolute atomic E-state index is 0.0993. The van der Waals surface area contributed by atoms with Gasteiger partial charge in [0, 0.05) is 12.3 Å². The van der Waals surface area contributed by atoms with Gasteiger partial charge in [-0.15, -0.1) is 0 Å². The van der Waals surface area contributed by atoms with Gasteiger partial charge in [0.1, 0.15) is 11.5 Å². The maximum absolute atomic E-state index is 13.3. The Kier molecular flexibility index (Phi) is 3.33. The normalized spacial score (nSPS) is 10.5. The standard InChI is InChI=1S/C10H4ClF4N3/c11-10-16-2-1-6(18-10)17-9-7(14)4(12)3-5(13)8(9)15/h1-3H,(H,16,17,18). The third-order valence-corrected chi connectivity index (χ3v) is 2.17. The molecule has 1 aromatic carbocycles. The van der Waals surface area contributed by atoms with E-state index in [1.54, 1.807) is 0 Å². The minimum atomic E-state index is -1.55. The first-order valence-electron chi connectivity index (χ1n) is 4.57. The maximum Gasteiger partial charge on any atom is 0.224 e. The van der Waals surface area contributed by atoms with Crippen molar-refractivity contribution in [3.8, 4) is 0 Å². The second-order valence-corrected chi connectivity index (χ2v) is 3.52. The molecule has 2 aromatic rings. The average Bonchev–Trinajstić information content (AvgIpc) is 2.32. The van der Waals surface area contributed by atoms with Crippen LogP contribution < -0.4 is 5.32 Å². The van der Waals surface area contributed by atoms with Gasteiger partial charge in [-0.05, 0) is 17.7 Å². The molecule has 2 rings (SSSR count). The summed E-state index contributed by atoms with van der Waals surface area (Å²) in [7, 11) is 0. The SMILES string of the molecule is Fc1cc(F)c(F)c(Nc2ccnc(Cl)n2)c1F. The Labute approximate surface area is 103 Å². The molecule has 3 nitrogen and oxygen atoms in total. The molecular formula is C10H4ClF4N3. The Hall–Kier alpha value is -1.89. The Bertz CT molecular complexity index is 580. The van der Waals surface area contributed by atoms with Gasteiger partial charge < -0.3 is 5.32 Å². The van der Waals surface area contributed by atoms with Crippen LogP contribution in [0, 0.1) is 23.3 Å². The maximum atomic E-state index is 13.3. The molecule has 94 valence electrons. The molecule has 0 aliphatic rings. The molecule has 0 bridgehead atoms. The highest BCUT2D eigenvalue weighted by molar-refractivity contribution is 6.28. The molecule has 0 fully saturated rings. The van der Waals surface area contributed by atoms with E-state index in [1.165, 1.54) is 12.3 Å². The van der Waals surface area contributed by atoms with Gasteiger partial charge in [-0.3, -0.25) is 0 Å². The van der Waals surface area contributed by atoms with Crippen LogP contribution in [-0.2, 0) is 0 Å². The molecule has 0 amide bonds. The molecule has 8 heteroatoms. The molecule has 0 aliphatic carbocycles. The van der Waals surface area contributed by atoms with Crippen molar-refractivity contribution in [1.29, 1.82) is 0 Å². The molecule has 0 radical (unpaired) electrons. The van der Waals surface area contributed by atoms with Crippen molar-refractivity contribution in [3.05, 3.63) is 46.9 Å². The summed E-state index contributed by atoms with van der Waals surface area (Å²) in [4.78, 5) is 7.12. The van der Waals surface area contributed by atoms with Crippen LogP contribution >= 0.6 is 11.6 Å². The summed E-state index contributed by atoms with van der Waals surface area (Å²) < 4.78 is 52.5. The van der Waals surface area contributed by atoms with Gasteiger partial charge in [-0.25, -0.2) is 27.5 Å². The Morgan fingerprint density at radius 1 is 1.06 bits per heavy atom. The lowest BCUT2D eigenvalue weighted by molar-refractivity contribution is 0.459. The predicted molar refractivity (Wildman–Crippen MR) is 56.6 cm³/mol. The Morgan fingerprint density at radius 3 is 2.22 bits per heavy atom. The van der Waals surface area contributed by atoms with Gasteiger partial charge in [-0.2, -0.15) is 0 Å². The van der Waals surface area contributed by atoms with Crippen molar-refractivity contribution in [2.24, 2.45) is 0 Å². The third kappa shape index (κ3) is 2.35. The molecule has 0 saturated carbocycles. The van der Waals surface area contributed by atoms with Crippen molar-refractivity contribution < 1.29 is 17.6 Å². The van der Waals surface area contributed by atoms with Crippen LogP contribution in [0.3, 0.4) is 0 Å². The smallest absolute Gasteiger partial charge is 0.224 e. The molecule has 0 atom stereocenters. The average molecular weight is 278 g/mol. The quantitative estimate of drug-likeness (QED) is 0.519. The number of nitrogens with one attached hydrogen (secondary N) is 1. The van der Waals surface area contributed by atoms with E-state index in [-0.39, 0.29) is 17.2 Å². The summed E-state index contributed by atoms with van der Waals surface area (Å²) in [5, 5.41) is 1.91. The van der Waals surface area contributed by atoms with E-state index < -0.39 is 29.0 Å². The van der Waals surface area contributed by atoms with Crippen molar-refractivity contribution in [2.75, 3.05) is 5.32 Å². The van der Waals surface area contributed by atoms with Gasteiger partial charge in [0.2, 0.25) is 5.28 Å². The molecular weight excluding hydrogens is 274 g/mol. The largest absolute Gasteiger partial charge is 0.335 e. The van der Waals surface area contributed by atoms with Gasteiger partial charge in [-0.1, -0.05) is 0 Å². The van der Waals surface area contributed by atoms with E-state index in [2.05, 4.69) is 15.3 Å². The van der Waals surface area contributed by atoms with Crippen molar-refractivity contribution in [1.82, 2.24) is 9.97 Å². The van der Waals surface area contributed by atoms with Gasteiger partial charge in [0.05, 0.1) is 0 Å². The first-order chi connectivity index (χ1) is 8.49. The number of hydrogen-bond donors (Lipinski definition) is 1. The highest BCUT2D eigenvalue weighted by atomic mass is 35.5. The molecule has 0 spiro atoms. The fourth-order valence-electron chi connectivity index (χ4n) is 1.22. The van der Waals surface area contributed by atoms with Crippen LogP contribution in [0.5, 0.6) is 0 Å². The number of halogens is 5. The fraction of sp³-hybridized carbons (Fsp3) is 0. The minimum Gasteiger partial charge on any atom is -0.335 e. The first kappa shape index (κ1) is 12.6. The van der Waals surface area contributed by atoms with E-state index in [4.69, 9.17) is 11.6 Å². The van der Waals surface area contributed by atoms with Crippen molar-refractivity contribution >= 4 is 23.1 Å². The van der Waals surface area contributed by atoms with Crippen molar-refractivity contribution in [2.45, 2.75) is 0 Å². The van der Waals surface area contributed by atoms with Crippen LogP contribution in [0.25, 0.3) is 0 Å². The lowest BCUT2D eigenvalue weighted by Crippen LogP contribution is -2.04. The van der Waals surface area contributed by atoms with E-state index in [0.29, 0.717) is 0 Å². The number of rotatable bonds is 2. The zero-order chi connectivity index (χ0) is 13.3. The van der Waals surface area contributed by atoms with Crippen LogP contribution in [-0.4, -0.2) is 9.97 Å². The summed E-state index contributed by atoms with van der Waals surface area (Å²) in [6.45, 7) is 0. The summed E-state index contributed by atoms with van der Waals surface area (Å²) in [5.74, 6) is -6.24. The van der Waals surface area contributed by atoms with E-state index >= 15 is 0 Å². The van der Waals surface area contributed by atoms with E-state index in [1.807, 2.05) is 0 Å². The summed E-state index contributed by atoms with van der Waals surface area (Å²) in [5.41, 5.74) is -0.984. The van der Waals surface area contributed by atoms with Crippen LogP contribution in [0.1, 0.15) is 0 Å². The predicted octanol–water partition coefficient (Wildman–Crippen LogP) is 3.43. The topological polar surface area (TPSA) is 37.8 Å². The van der Waals surface area contributed by atoms with E-state index in [9.17, 15) is 17.6 Å². The lowest BCUT2D eigenvalue weighted by atomic mass is 10.2.